The maximum atomic E-state index is 12.0. The van der Waals surface area contributed by atoms with Crippen molar-refractivity contribution in [1.29, 1.82) is 0 Å². The van der Waals surface area contributed by atoms with Crippen LogP contribution in [-0.2, 0) is 10.0 Å². The van der Waals surface area contributed by atoms with E-state index in [0.717, 1.165) is 11.8 Å². The highest BCUT2D eigenvalue weighted by Gasteiger charge is 2.30. The fraction of sp³-hybridized carbons (Fsp3) is 0.500. The highest BCUT2D eigenvalue weighted by molar-refractivity contribution is 7.88. The van der Waals surface area contributed by atoms with Gasteiger partial charge in [-0.2, -0.15) is 0 Å². The Balaban J connectivity index is 2.46. The second kappa shape index (κ2) is 7.10. The highest BCUT2D eigenvalue weighted by atomic mass is 32.2. The molecular weight excluding hydrogens is 309 g/mol. The molecule has 0 bridgehead atoms. The van der Waals surface area contributed by atoms with E-state index in [0.29, 0.717) is 6.54 Å². The zero-order chi connectivity index (χ0) is 16.1. The number of ether oxygens (including phenoxy) is 1. The first kappa shape index (κ1) is 17.7. The number of rotatable bonds is 7. The van der Waals surface area contributed by atoms with Gasteiger partial charge in [0.1, 0.15) is 5.75 Å². The zero-order valence-corrected chi connectivity index (χ0v) is 12.4. The predicted octanol–water partition coefficient (Wildman–Crippen LogP) is 1.79. The quantitative estimate of drug-likeness (QED) is 0.750. The summed E-state index contributed by atoms with van der Waals surface area (Å²) in [5.74, 6) is -0.280. The lowest BCUT2D eigenvalue weighted by atomic mass is 10.1. The van der Waals surface area contributed by atoms with Gasteiger partial charge in [-0.25, -0.2) is 13.1 Å². The molecule has 0 aliphatic rings. The van der Waals surface area contributed by atoms with Gasteiger partial charge >= 0.3 is 6.36 Å². The van der Waals surface area contributed by atoms with E-state index in [-0.39, 0.29) is 18.3 Å². The van der Waals surface area contributed by atoms with Crippen LogP contribution in [0.5, 0.6) is 5.75 Å². The van der Waals surface area contributed by atoms with Crippen molar-refractivity contribution in [2.75, 3.05) is 19.3 Å². The normalized spacial score (nSPS) is 14.0. The SMILES string of the molecule is CC(NCCNS(C)(=O)=O)c1ccc(OC(F)(F)F)cc1. The minimum atomic E-state index is -4.71. The molecule has 1 unspecified atom stereocenters. The molecule has 1 aromatic carbocycles. The molecule has 0 saturated carbocycles. The van der Waals surface area contributed by atoms with E-state index >= 15 is 0 Å². The summed E-state index contributed by atoms with van der Waals surface area (Å²) < 4.78 is 63.8. The maximum Gasteiger partial charge on any atom is 0.573 e. The Labute approximate surface area is 121 Å². The van der Waals surface area contributed by atoms with E-state index in [1.54, 1.807) is 0 Å². The predicted molar refractivity (Wildman–Crippen MR) is 72.4 cm³/mol. The van der Waals surface area contributed by atoms with Crippen molar-refractivity contribution < 1.29 is 26.3 Å². The molecule has 0 fully saturated rings. The van der Waals surface area contributed by atoms with Crippen molar-refractivity contribution in [3.05, 3.63) is 29.8 Å². The van der Waals surface area contributed by atoms with Gasteiger partial charge in [0.2, 0.25) is 10.0 Å². The third-order valence-corrected chi connectivity index (χ3v) is 3.28. The van der Waals surface area contributed by atoms with Crippen LogP contribution < -0.4 is 14.8 Å². The molecule has 0 aliphatic carbocycles. The summed E-state index contributed by atoms with van der Waals surface area (Å²) in [5, 5.41) is 3.05. The standard InChI is InChI=1S/C12H17F3N2O3S/c1-9(16-7-8-17-21(2,18)19)10-3-5-11(6-4-10)20-12(13,14)15/h3-6,9,16-17H,7-8H2,1-2H3. The monoisotopic (exact) mass is 326 g/mol. The Bertz CT molecular complexity index is 544. The molecule has 0 aromatic heterocycles. The number of sulfonamides is 1. The van der Waals surface area contributed by atoms with Crippen molar-refractivity contribution in [3.63, 3.8) is 0 Å². The van der Waals surface area contributed by atoms with Crippen LogP contribution in [-0.4, -0.2) is 34.1 Å². The summed E-state index contributed by atoms with van der Waals surface area (Å²) in [6.07, 6.45) is -3.64. The van der Waals surface area contributed by atoms with Gasteiger partial charge in [0.05, 0.1) is 6.26 Å². The van der Waals surface area contributed by atoms with Crippen LogP contribution in [0.3, 0.4) is 0 Å². The molecule has 5 nitrogen and oxygen atoms in total. The molecule has 2 N–H and O–H groups in total. The van der Waals surface area contributed by atoms with Gasteiger partial charge in [0.25, 0.3) is 0 Å². The minimum Gasteiger partial charge on any atom is -0.406 e. The number of hydrogen-bond acceptors (Lipinski definition) is 4. The summed E-state index contributed by atoms with van der Waals surface area (Å²) >= 11 is 0. The fourth-order valence-electron chi connectivity index (χ4n) is 1.60. The molecule has 0 radical (unpaired) electrons. The second-order valence-corrected chi connectivity index (χ2v) is 6.29. The van der Waals surface area contributed by atoms with Crippen LogP contribution in [0, 0.1) is 0 Å². The lowest BCUT2D eigenvalue weighted by Crippen LogP contribution is -2.32. The van der Waals surface area contributed by atoms with E-state index in [1.165, 1.54) is 24.3 Å². The molecule has 1 aromatic rings. The number of halogens is 3. The molecule has 0 spiro atoms. The summed E-state index contributed by atoms with van der Waals surface area (Å²) in [5.41, 5.74) is 0.767. The Kier molecular flexibility index (Phi) is 5.99. The number of hydrogen-bond donors (Lipinski definition) is 2. The number of benzene rings is 1. The van der Waals surface area contributed by atoms with Gasteiger partial charge in [0, 0.05) is 19.1 Å². The number of nitrogens with one attached hydrogen (secondary N) is 2. The molecule has 0 amide bonds. The molecule has 9 heteroatoms. The zero-order valence-electron chi connectivity index (χ0n) is 11.6. The molecule has 21 heavy (non-hydrogen) atoms. The van der Waals surface area contributed by atoms with Crippen LogP contribution in [0.25, 0.3) is 0 Å². The largest absolute Gasteiger partial charge is 0.573 e. The molecule has 120 valence electrons. The van der Waals surface area contributed by atoms with Crippen LogP contribution in [0.4, 0.5) is 13.2 Å². The van der Waals surface area contributed by atoms with Gasteiger partial charge in [0.15, 0.2) is 0 Å². The molecule has 0 aliphatic heterocycles. The lowest BCUT2D eigenvalue weighted by molar-refractivity contribution is -0.274. The molecule has 0 heterocycles. The smallest absolute Gasteiger partial charge is 0.406 e. The van der Waals surface area contributed by atoms with E-state index in [1.807, 2.05) is 6.92 Å². The van der Waals surface area contributed by atoms with Crippen LogP contribution >= 0.6 is 0 Å². The first-order valence-electron chi connectivity index (χ1n) is 6.10. The number of alkyl halides is 3. The molecule has 1 rings (SSSR count). The van der Waals surface area contributed by atoms with Crippen molar-refractivity contribution in [1.82, 2.24) is 10.0 Å². The van der Waals surface area contributed by atoms with Gasteiger partial charge in [-0.05, 0) is 24.6 Å². The Morgan fingerprint density at radius 2 is 1.76 bits per heavy atom. The third-order valence-electron chi connectivity index (χ3n) is 2.55. The van der Waals surface area contributed by atoms with Crippen LogP contribution in [0.2, 0.25) is 0 Å². The van der Waals surface area contributed by atoms with Crippen LogP contribution in [0.15, 0.2) is 24.3 Å². The van der Waals surface area contributed by atoms with Crippen molar-refractivity contribution in [2.45, 2.75) is 19.3 Å². The van der Waals surface area contributed by atoms with E-state index in [2.05, 4.69) is 14.8 Å². The summed E-state index contributed by atoms with van der Waals surface area (Å²) in [6.45, 7) is 2.45. The average Bonchev–Trinajstić information content (AvgIpc) is 2.32. The second-order valence-electron chi connectivity index (χ2n) is 4.46. The van der Waals surface area contributed by atoms with Gasteiger partial charge < -0.3 is 10.1 Å². The summed E-state index contributed by atoms with van der Waals surface area (Å²) in [6, 6.07) is 5.36. The first-order valence-corrected chi connectivity index (χ1v) is 8.00. The molecular formula is C12H17F3N2O3S. The Hall–Kier alpha value is -1.32. The third kappa shape index (κ3) is 7.88. The van der Waals surface area contributed by atoms with Crippen molar-refractivity contribution in [2.24, 2.45) is 0 Å². The fourth-order valence-corrected chi connectivity index (χ4v) is 2.07. The van der Waals surface area contributed by atoms with E-state index < -0.39 is 16.4 Å². The van der Waals surface area contributed by atoms with Gasteiger partial charge in [-0.15, -0.1) is 13.2 Å². The molecule has 0 saturated heterocycles. The highest BCUT2D eigenvalue weighted by Crippen LogP contribution is 2.24. The van der Waals surface area contributed by atoms with E-state index in [9.17, 15) is 21.6 Å². The summed E-state index contributed by atoms with van der Waals surface area (Å²) in [7, 11) is -3.22. The topological polar surface area (TPSA) is 67.4 Å². The first-order chi connectivity index (χ1) is 9.57. The summed E-state index contributed by atoms with van der Waals surface area (Å²) in [4.78, 5) is 0. The van der Waals surface area contributed by atoms with Crippen LogP contribution in [0.1, 0.15) is 18.5 Å². The van der Waals surface area contributed by atoms with Crippen molar-refractivity contribution in [3.8, 4) is 5.75 Å². The Morgan fingerprint density at radius 1 is 1.19 bits per heavy atom. The lowest BCUT2D eigenvalue weighted by Gasteiger charge is -2.15. The minimum absolute atomic E-state index is 0.133. The maximum absolute atomic E-state index is 12.0. The molecule has 1 atom stereocenters. The Morgan fingerprint density at radius 3 is 2.24 bits per heavy atom. The van der Waals surface area contributed by atoms with Gasteiger partial charge in [-0.1, -0.05) is 12.1 Å². The van der Waals surface area contributed by atoms with Crippen molar-refractivity contribution >= 4 is 10.0 Å². The van der Waals surface area contributed by atoms with E-state index in [4.69, 9.17) is 0 Å². The van der Waals surface area contributed by atoms with Gasteiger partial charge in [-0.3, -0.25) is 0 Å². The average molecular weight is 326 g/mol.